The highest BCUT2D eigenvalue weighted by molar-refractivity contribution is 5.92. The molecule has 17 heavy (non-hydrogen) atoms. The van der Waals surface area contributed by atoms with Crippen molar-refractivity contribution >= 4 is 5.91 Å². The van der Waals surface area contributed by atoms with E-state index in [2.05, 4.69) is 6.92 Å². The first-order valence-electron chi connectivity index (χ1n) is 6.06. The Morgan fingerprint density at radius 2 is 2.06 bits per heavy atom. The van der Waals surface area contributed by atoms with Crippen molar-refractivity contribution in [2.24, 2.45) is 5.73 Å². The van der Waals surface area contributed by atoms with E-state index in [0.717, 1.165) is 30.5 Å². The topological polar surface area (TPSA) is 65.1 Å². The number of pyridine rings is 1. The van der Waals surface area contributed by atoms with Crippen LogP contribution in [0.2, 0.25) is 0 Å². The van der Waals surface area contributed by atoms with Gasteiger partial charge in [-0.25, -0.2) is 0 Å². The Balaban J connectivity index is 3.40. The van der Waals surface area contributed by atoms with Crippen molar-refractivity contribution in [2.75, 3.05) is 0 Å². The number of carbonyl (C=O) groups is 1. The molecule has 0 aliphatic heterocycles. The molecule has 0 atom stereocenters. The molecule has 0 bridgehead atoms. The molecule has 0 spiro atoms. The summed E-state index contributed by atoms with van der Waals surface area (Å²) < 4.78 is 1.69. The molecule has 0 aliphatic carbocycles. The second kappa shape index (κ2) is 5.66. The fraction of sp³-hybridized carbons (Fsp3) is 0.538. The number of unbranched alkanes of at least 4 members (excludes halogenated alkanes) is 1. The molecule has 2 N–H and O–H groups in total. The van der Waals surface area contributed by atoms with E-state index < -0.39 is 5.91 Å². The van der Waals surface area contributed by atoms with Gasteiger partial charge in [0.25, 0.3) is 11.5 Å². The lowest BCUT2D eigenvalue weighted by Gasteiger charge is -2.15. The third kappa shape index (κ3) is 2.75. The fourth-order valence-electron chi connectivity index (χ4n) is 2.04. The molecule has 0 aliphatic rings. The number of nitrogens with zero attached hydrogens (tertiary/aromatic N) is 1. The zero-order valence-electron chi connectivity index (χ0n) is 10.7. The van der Waals surface area contributed by atoms with Gasteiger partial charge in [0.05, 0.1) is 0 Å². The van der Waals surface area contributed by atoms with Gasteiger partial charge in [0.1, 0.15) is 5.56 Å². The number of hydrogen-bond donors (Lipinski definition) is 1. The van der Waals surface area contributed by atoms with E-state index in [4.69, 9.17) is 5.73 Å². The predicted molar refractivity (Wildman–Crippen MR) is 68.2 cm³/mol. The van der Waals surface area contributed by atoms with Crippen LogP contribution in [0.4, 0.5) is 0 Å². The molecule has 0 aromatic carbocycles. The van der Waals surface area contributed by atoms with Gasteiger partial charge >= 0.3 is 0 Å². The summed E-state index contributed by atoms with van der Waals surface area (Å²) in [6, 6.07) is 1.60. The molecular formula is C13H20N2O2. The molecule has 0 radical (unpaired) electrons. The molecule has 4 heteroatoms. The number of nitrogens with two attached hydrogens (primary N) is 1. The van der Waals surface area contributed by atoms with Crippen LogP contribution in [0.3, 0.4) is 0 Å². The van der Waals surface area contributed by atoms with Gasteiger partial charge in [-0.2, -0.15) is 0 Å². The lowest BCUT2D eigenvalue weighted by molar-refractivity contribution is 0.0998. The molecule has 1 aromatic heterocycles. The SMILES string of the molecule is CCCCn1c(CC)c(C)cc(C(N)=O)c1=O. The zero-order chi connectivity index (χ0) is 13.0. The lowest BCUT2D eigenvalue weighted by Crippen LogP contribution is -2.32. The number of aryl methyl sites for hydroxylation is 1. The number of aromatic nitrogens is 1. The minimum Gasteiger partial charge on any atom is -0.365 e. The second-order valence-corrected chi connectivity index (χ2v) is 4.22. The molecule has 0 unspecified atom stereocenters. The summed E-state index contributed by atoms with van der Waals surface area (Å²) in [5.74, 6) is -0.647. The van der Waals surface area contributed by atoms with Crippen molar-refractivity contribution in [1.82, 2.24) is 4.57 Å². The summed E-state index contributed by atoms with van der Waals surface area (Å²) in [6.45, 7) is 6.64. The van der Waals surface area contributed by atoms with Gasteiger partial charge in [-0.05, 0) is 31.4 Å². The molecule has 0 saturated carbocycles. The number of rotatable bonds is 5. The Kier molecular flexibility index (Phi) is 4.49. The Labute approximate surface area is 101 Å². The zero-order valence-corrected chi connectivity index (χ0v) is 10.7. The lowest BCUT2D eigenvalue weighted by atomic mass is 10.1. The Hall–Kier alpha value is -1.58. The van der Waals surface area contributed by atoms with E-state index in [-0.39, 0.29) is 11.1 Å². The summed E-state index contributed by atoms with van der Waals surface area (Å²) in [6.07, 6.45) is 2.72. The third-order valence-corrected chi connectivity index (χ3v) is 2.95. The fourth-order valence-corrected chi connectivity index (χ4v) is 2.04. The highest BCUT2D eigenvalue weighted by Gasteiger charge is 2.14. The maximum atomic E-state index is 12.1. The standard InChI is InChI=1S/C13H20N2O2/c1-4-6-7-15-11(5-2)9(3)8-10(12(14)16)13(15)17/h8H,4-7H2,1-3H3,(H2,14,16). The summed E-state index contributed by atoms with van der Waals surface area (Å²) in [4.78, 5) is 23.3. The van der Waals surface area contributed by atoms with Gasteiger partial charge in [0.15, 0.2) is 0 Å². The average molecular weight is 236 g/mol. The number of carbonyl (C=O) groups excluding carboxylic acids is 1. The van der Waals surface area contributed by atoms with Gasteiger partial charge in [0.2, 0.25) is 0 Å². The number of hydrogen-bond acceptors (Lipinski definition) is 2. The van der Waals surface area contributed by atoms with Crippen LogP contribution in [0, 0.1) is 6.92 Å². The van der Waals surface area contributed by atoms with Crippen LogP contribution in [0.15, 0.2) is 10.9 Å². The summed E-state index contributed by atoms with van der Waals surface area (Å²) in [7, 11) is 0. The summed E-state index contributed by atoms with van der Waals surface area (Å²) >= 11 is 0. The van der Waals surface area contributed by atoms with Gasteiger partial charge < -0.3 is 10.3 Å². The molecule has 1 rings (SSSR count). The monoisotopic (exact) mass is 236 g/mol. The molecule has 94 valence electrons. The van der Waals surface area contributed by atoms with E-state index in [0.29, 0.717) is 6.54 Å². The minimum atomic E-state index is -0.647. The average Bonchev–Trinajstić information content (AvgIpc) is 2.29. The smallest absolute Gasteiger partial charge is 0.263 e. The van der Waals surface area contributed by atoms with Crippen molar-refractivity contribution in [2.45, 2.75) is 46.6 Å². The second-order valence-electron chi connectivity index (χ2n) is 4.22. The van der Waals surface area contributed by atoms with Crippen molar-refractivity contribution < 1.29 is 4.79 Å². The maximum Gasteiger partial charge on any atom is 0.263 e. The van der Waals surface area contributed by atoms with E-state index in [9.17, 15) is 9.59 Å². The van der Waals surface area contributed by atoms with Crippen molar-refractivity contribution in [3.05, 3.63) is 33.2 Å². The van der Waals surface area contributed by atoms with Crippen LogP contribution >= 0.6 is 0 Å². The van der Waals surface area contributed by atoms with Crippen LogP contribution < -0.4 is 11.3 Å². The summed E-state index contributed by atoms with van der Waals surface area (Å²) in [5, 5.41) is 0. The highest BCUT2D eigenvalue weighted by Crippen LogP contribution is 2.09. The van der Waals surface area contributed by atoms with Crippen LogP contribution in [0.25, 0.3) is 0 Å². The first kappa shape index (κ1) is 13.5. The Bertz CT molecular complexity index is 475. The maximum absolute atomic E-state index is 12.1. The first-order valence-corrected chi connectivity index (χ1v) is 6.06. The van der Waals surface area contributed by atoms with Crippen LogP contribution in [-0.2, 0) is 13.0 Å². The van der Waals surface area contributed by atoms with Gasteiger partial charge in [-0.15, -0.1) is 0 Å². The molecule has 1 aromatic rings. The van der Waals surface area contributed by atoms with E-state index in [1.807, 2.05) is 13.8 Å². The molecule has 1 amide bonds. The molecule has 4 nitrogen and oxygen atoms in total. The van der Waals surface area contributed by atoms with E-state index in [1.54, 1.807) is 10.6 Å². The van der Waals surface area contributed by atoms with Crippen LogP contribution in [0.5, 0.6) is 0 Å². The van der Waals surface area contributed by atoms with Crippen molar-refractivity contribution in [3.8, 4) is 0 Å². The van der Waals surface area contributed by atoms with Crippen molar-refractivity contribution in [3.63, 3.8) is 0 Å². The molecule has 0 fully saturated rings. The Morgan fingerprint density at radius 3 is 2.53 bits per heavy atom. The van der Waals surface area contributed by atoms with Gasteiger partial charge in [-0.3, -0.25) is 9.59 Å². The minimum absolute atomic E-state index is 0.0933. The van der Waals surface area contributed by atoms with Gasteiger partial charge in [-0.1, -0.05) is 20.3 Å². The quantitative estimate of drug-likeness (QED) is 0.844. The van der Waals surface area contributed by atoms with Gasteiger partial charge in [0, 0.05) is 12.2 Å². The Morgan fingerprint density at radius 1 is 1.41 bits per heavy atom. The molecular weight excluding hydrogens is 216 g/mol. The largest absolute Gasteiger partial charge is 0.365 e. The molecule has 0 saturated heterocycles. The highest BCUT2D eigenvalue weighted by atomic mass is 16.2. The predicted octanol–water partition coefficient (Wildman–Crippen LogP) is 1.62. The number of amides is 1. The van der Waals surface area contributed by atoms with Crippen molar-refractivity contribution in [1.29, 1.82) is 0 Å². The normalized spacial score (nSPS) is 10.5. The number of primary amides is 1. The third-order valence-electron chi connectivity index (χ3n) is 2.95. The van der Waals surface area contributed by atoms with E-state index >= 15 is 0 Å². The first-order chi connectivity index (χ1) is 8.02. The molecule has 1 heterocycles. The van der Waals surface area contributed by atoms with Crippen LogP contribution in [-0.4, -0.2) is 10.5 Å². The van der Waals surface area contributed by atoms with E-state index in [1.165, 1.54) is 0 Å². The summed E-state index contributed by atoms with van der Waals surface area (Å²) in [5.41, 5.74) is 7.01. The van der Waals surface area contributed by atoms with Crippen LogP contribution in [0.1, 0.15) is 48.3 Å².